The van der Waals surface area contributed by atoms with Crippen molar-refractivity contribution in [2.75, 3.05) is 35.5 Å². The fraction of sp³-hybridized carbons (Fsp3) is 0.400. The van der Waals surface area contributed by atoms with E-state index >= 15 is 0 Å². The standard InChI is InChI=1S/C10H12Br2Cl2N2/c11-7-6-10(16-4-2-14)8(12)5-9(7)15-3-1-13/h5-6,15-16H,1-4H2. The van der Waals surface area contributed by atoms with Gasteiger partial charge in [-0.1, -0.05) is 0 Å². The second-order valence-electron chi connectivity index (χ2n) is 3.04. The molecule has 0 spiro atoms. The molecule has 0 aliphatic rings. The van der Waals surface area contributed by atoms with Gasteiger partial charge in [0, 0.05) is 45.2 Å². The zero-order valence-corrected chi connectivity index (χ0v) is 13.2. The maximum absolute atomic E-state index is 5.63. The number of hydrogen-bond donors (Lipinski definition) is 2. The summed E-state index contributed by atoms with van der Waals surface area (Å²) in [4.78, 5) is 0. The Labute approximate surface area is 122 Å². The summed E-state index contributed by atoms with van der Waals surface area (Å²) in [7, 11) is 0. The van der Waals surface area contributed by atoms with Crippen molar-refractivity contribution in [2.45, 2.75) is 0 Å². The van der Waals surface area contributed by atoms with E-state index in [2.05, 4.69) is 42.5 Å². The van der Waals surface area contributed by atoms with Crippen LogP contribution in [0.1, 0.15) is 0 Å². The maximum Gasteiger partial charge on any atom is 0.0497 e. The summed E-state index contributed by atoms with van der Waals surface area (Å²) >= 11 is 18.3. The first-order chi connectivity index (χ1) is 7.69. The number of nitrogens with one attached hydrogen (secondary N) is 2. The van der Waals surface area contributed by atoms with E-state index in [9.17, 15) is 0 Å². The summed E-state index contributed by atoms with van der Waals surface area (Å²) in [5, 5.41) is 6.45. The molecule has 0 saturated carbocycles. The molecule has 0 aliphatic carbocycles. The van der Waals surface area contributed by atoms with Gasteiger partial charge in [0.1, 0.15) is 0 Å². The molecule has 0 amide bonds. The molecule has 2 N–H and O–H groups in total. The number of halogens is 4. The minimum Gasteiger partial charge on any atom is -0.383 e. The van der Waals surface area contributed by atoms with Gasteiger partial charge in [0.05, 0.1) is 0 Å². The lowest BCUT2D eigenvalue weighted by molar-refractivity contribution is 1.20. The Morgan fingerprint density at radius 3 is 1.56 bits per heavy atom. The van der Waals surface area contributed by atoms with Gasteiger partial charge in [0.25, 0.3) is 0 Å². The molecule has 1 rings (SSSR count). The van der Waals surface area contributed by atoms with Crippen LogP contribution in [0.15, 0.2) is 21.1 Å². The van der Waals surface area contributed by atoms with E-state index < -0.39 is 0 Å². The lowest BCUT2D eigenvalue weighted by Gasteiger charge is -2.12. The smallest absolute Gasteiger partial charge is 0.0497 e. The lowest BCUT2D eigenvalue weighted by atomic mass is 10.2. The molecule has 1 aromatic rings. The average molecular weight is 391 g/mol. The molecule has 0 fully saturated rings. The van der Waals surface area contributed by atoms with E-state index in [0.717, 1.165) is 33.4 Å². The Hall–Kier alpha value is 0.360. The van der Waals surface area contributed by atoms with E-state index in [4.69, 9.17) is 23.2 Å². The highest BCUT2D eigenvalue weighted by Gasteiger charge is 2.05. The third-order valence-corrected chi connectivity index (χ3v) is 3.57. The summed E-state index contributed by atoms with van der Waals surface area (Å²) in [6.07, 6.45) is 0. The minimum atomic E-state index is 0.580. The second kappa shape index (κ2) is 7.64. The van der Waals surface area contributed by atoms with Crippen LogP contribution in [-0.2, 0) is 0 Å². The van der Waals surface area contributed by atoms with Crippen molar-refractivity contribution >= 4 is 66.4 Å². The van der Waals surface area contributed by atoms with Crippen molar-refractivity contribution in [2.24, 2.45) is 0 Å². The number of alkyl halides is 2. The van der Waals surface area contributed by atoms with E-state index in [1.807, 2.05) is 12.1 Å². The largest absolute Gasteiger partial charge is 0.383 e. The average Bonchev–Trinajstić information content (AvgIpc) is 2.28. The molecular formula is C10H12Br2Cl2N2. The van der Waals surface area contributed by atoms with Gasteiger partial charge in [0.2, 0.25) is 0 Å². The highest BCUT2D eigenvalue weighted by atomic mass is 79.9. The highest BCUT2D eigenvalue weighted by molar-refractivity contribution is 9.11. The Balaban J connectivity index is 2.79. The predicted molar refractivity (Wildman–Crippen MR) is 80.3 cm³/mol. The number of rotatable bonds is 6. The number of anilines is 2. The van der Waals surface area contributed by atoms with Crippen molar-refractivity contribution in [3.05, 3.63) is 21.1 Å². The van der Waals surface area contributed by atoms with Crippen LogP contribution < -0.4 is 10.6 Å². The molecule has 0 atom stereocenters. The van der Waals surface area contributed by atoms with E-state index in [0.29, 0.717) is 11.8 Å². The van der Waals surface area contributed by atoms with Gasteiger partial charge in [-0.25, -0.2) is 0 Å². The normalized spacial score (nSPS) is 10.2. The van der Waals surface area contributed by atoms with Crippen molar-refractivity contribution in [1.29, 1.82) is 0 Å². The molecule has 0 heterocycles. The quantitative estimate of drug-likeness (QED) is 0.698. The third-order valence-electron chi connectivity index (χ3n) is 1.88. The van der Waals surface area contributed by atoms with Crippen LogP contribution in [0.2, 0.25) is 0 Å². The van der Waals surface area contributed by atoms with Crippen LogP contribution in [0, 0.1) is 0 Å². The number of benzene rings is 1. The molecule has 0 aromatic heterocycles. The number of hydrogen-bond acceptors (Lipinski definition) is 2. The highest BCUT2D eigenvalue weighted by Crippen LogP contribution is 2.33. The Morgan fingerprint density at radius 1 is 0.875 bits per heavy atom. The van der Waals surface area contributed by atoms with Crippen molar-refractivity contribution in [3.63, 3.8) is 0 Å². The van der Waals surface area contributed by atoms with Crippen LogP contribution in [0.5, 0.6) is 0 Å². The molecule has 0 radical (unpaired) electrons. The first-order valence-corrected chi connectivity index (χ1v) is 7.43. The van der Waals surface area contributed by atoms with E-state index in [-0.39, 0.29) is 0 Å². The summed E-state index contributed by atoms with van der Waals surface area (Å²) in [6.45, 7) is 1.47. The Kier molecular flexibility index (Phi) is 6.89. The van der Waals surface area contributed by atoms with Gasteiger partial charge in [-0.15, -0.1) is 23.2 Å². The lowest BCUT2D eigenvalue weighted by Crippen LogP contribution is -2.06. The molecule has 1 aromatic carbocycles. The second-order valence-corrected chi connectivity index (χ2v) is 5.51. The first-order valence-electron chi connectivity index (χ1n) is 4.77. The molecular weight excluding hydrogens is 379 g/mol. The Bertz CT molecular complexity index is 314. The van der Waals surface area contributed by atoms with Gasteiger partial charge in [-0.05, 0) is 44.0 Å². The fourth-order valence-electron chi connectivity index (χ4n) is 1.18. The maximum atomic E-state index is 5.63. The van der Waals surface area contributed by atoms with E-state index in [1.54, 1.807) is 0 Å². The predicted octanol–water partition coefficient (Wildman–Crippen LogP) is 4.51. The fourth-order valence-corrected chi connectivity index (χ4v) is 2.34. The summed E-state index contributed by atoms with van der Waals surface area (Å²) < 4.78 is 2.00. The monoisotopic (exact) mass is 388 g/mol. The van der Waals surface area contributed by atoms with Crippen LogP contribution >= 0.6 is 55.1 Å². The zero-order valence-electron chi connectivity index (χ0n) is 8.49. The molecule has 0 bridgehead atoms. The van der Waals surface area contributed by atoms with Crippen LogP contribution in [0.3, 0.4) is 0 Å². The van der Waals surface area contributed by atoms with E-state index in [1.165, 1.54) is 0 Å². The van der Waals surface area contributed by atoms with Gasteiger partial charge in [-0.3, -0.25) is 0 Å². The first kappa shape index (κ1) is 14.4. The van der Waals surface area contributed by atoms with Crippen molar-refractivity contribution in [1.82, 2.24) is 0 Å². The third kappa shape index (κ3) is 4.32. The molecule has 0 unspecified atom stereocenters. The molecule has 16 heavy (non-hydrogen) atoms. The van der Waals surface area contributed by atoms with Crippen molar-refractivity contribution < 1.29 is 0 Å². The summed E-state index contributed by atoms with van der Waals surface area (Å²) in [5.74, 6) is 1.16. The van der Waals surface area contributed by atoms with Gasteiger partial charge in [0.15, 0.2) is 0 Å². The minimum absolute atomic E-state index is 0.580. The Morgan fingerprint density at radius 2 is 1.25 bits per heavy atom. The topological polar surface area (TPSA) is 24.1 Å². The SMILES string of the molecule is ClCCNc1cc(Br)c(NCCCl)cc1Br. The van der Waals surface area contributed by atoms with Crippen LogP contribution in [0.4, 0.5) is 11.4 Å². The van der Waals surface area contributed by atoms with Gasteiger partial charge < -0.3 is 10.6 Å². The van der Waals surface area contributed by atoms with Crippen LogP contribution in [-0.4, -0.2) is 24.8 Å². The van der Waals surface area contributed by atoms with Gasteiger partial charge in [-0.2, -0.15) is 0 Å². The molecule has 2 nitrogen and oxygen atoms in total. The zero-order chi connectivity index (χ0) is 12.0. The summed E-state index contributed by atoms with van der Waals surface area (Å²) in [5.41, 5.74) is 2.04. The van der Waals surface area contributed by atoms with Gasteiger partial charge >= 0.3 is 0 Å². The molecule has 0 aliphatic heterocycles. The molecule has 6 heteroatoms. The molecule has 90 valence electrons. The van der Waals surface area contributed by atoms with Crippen LogP contribution in [0.25, 0.3) is 0 Å². The molecule has 0 saturated heterocycles. The summed E-state index contributed by atoms with van der Waals surface area (Å²) in [6, 6.07) is 4.01. The van der Waals surface area contributed by atoms with Crippen molar-refractivity contribution in [3.8, 4) is 0 Å².